The topological polar surface area (TPSA) is 17.1 Å². The number of hydrogen-bond donors (Lipinski definition) is 0. The van der Waals surface area contributed by atoms with Crippen LogP contribution in [0.15, 0.2) is 29.6 Å². The molecule has 0 bridgehead atoms. The fourth-order valence-corrected chi connectivity index (χ4v) is 2.38. The van der Waals surface area contributed by atoms with Crippen molar-refractivity contribution in [2.45, 2.75) is 6.92 Å². The number of benzene rings is 1. The molecule has 2 rings (SSSR count). The standard InChI is InChI=1S/C12H9FOS/c1-8-4-12(15-7-8)11-3-2-10(13)5-9(11)6-14/h2-7H,1H3. The van der Waals surface area contributed by atoms with Crippen molar-refractivity contribution in [3.8, 4) is 10.4 Å². The van der Waals surface area contributed by atoms with E-state index in [-0.39, 0.29) is 5.82 Å². The molecule has 76 valence electrons. The maximum absolute atomic E-state index is 12.9. The number of carbonyl (C=O) groups excluding carboxylic acids is 1. The second kappa shape index (κ2) is 3.95. The van der Waals surface area contributed by atoms with E-state index in [1.54, 1.807) is 17.4 Å². The van der Waals surface area contributed by atoms with Crippen molar-refractivity contribution in [1.82, 2.24) is 0 Å². The lowest BCUT2D eigenvalue weighted by Gasteiger charge is -2.01. The minimum atomic E-state index is -0.380. The van der Waals surface area contributed by atoms with Gasteiger partial charge in [-0.1, -0.05) is 0 Å². The van der Waals surface area contributed by atoms with Crippen molar-refractivity contribution < 1.29 is 9.18 Å². The first-order valence-corrected chi connectivity index (χ1v) is 5.39. The molecule has 0 aliphatic heterocycles. The van der Waals surface area contributed by atoms with E-state index in [0.717, 1.165) is 16.0 Å². The highest BCUT2D eigenvalue weighted by molar-refractivity contribution is 7.13. The summed E-state index contributed by atoms with van der Waals surface area (Å²) in [6, 6.07) is 6.27. The van der Waals surface area contributed by atoms with Gasteiger partial charge in [0.25, 0.3) is 0 Å². The van der Waals surface area contributed by atoms with Crippen LogP contribution < -0.4 is 0 Å². The van der Waals surface area contributed by atoms with Gasteiger partial charge in [-0.3, -0.25) is 4.79 Å². The molecule has 1 heterocycles. The van der Waals surface area contributed by atoms with Gasteiger partial charge in [0.15, 0.2) is 6.29 Å². The van der Waals surface area contributed by atoms with Gasteiger partial charge in [-0.2, -0.15) is 0 Å². The van der Waals surface area contributed by atoms with Crippen LogP contribution in [0.4, 0.5) is 4.39 Å². The van der Waals surface area contributed by atoms with Crippen LogP contribution in [0, 0.1) is 12.7 Å². The molecule has 1 aromatic carbocycles. The van der Waals surface area contributed by atoms with Gasteiger partial charge < -0.3 is 0 Å². The molecule has 1 nitrogen and oxygen atoms in total. The van der Waals surface area contributed by atoms with Gasteiger partial charge in [-0.05, 0) is 42.1 Å². The number of halogens is 1. The average Bonchev–Trinajstić information content (AvgIpc) is 2.64. The molecule has 0 fully saturated rings. The van der Waals surface area contributed by atoms with Gasteiger partial charge in [-0.15, -0.1) is 11.3 Å². The first kappa shape index (κ1) is 10.1. The Bertz CT molecular complexity index is 502. The summed E-state index contributed by atoms with van der Waals surface area (Å²) < 4.78 is 12.9. The van der Waals surface area contributed by atoms with Crippen LogP contribution >= 0.6 is 11.3 Å². The van der Waals surface area contributed by atoms with Crippen LogP contribution in [-0.2, 0) is 0 Å². The molecule has 0 radical (unpaired) electrons. The fraction of sp³-hybridized carbons (Fsp3) is 0.0833. The van der Waals surface area contributed by atoms with Crippen LogP contribution in [0.25, 0.3) is 10.4 Å². The quantitative estimate of drug-likeness (QED) is 0.706. The Hall–Kier alpha value is -1.48. The predicted molar refractivity (Wildman–Crippen MR) is 59.8 cm³/mol. The molecule has 0 saturated carbocycles. The Balaban J connectivity index is 2.57. The minimum absolute atomic E-state index is 0.380. The lowest BCUT2D eigenvalue weighted by molar-refractivity contribution is 0.112. The summed E-state index contributed by atoms with van der Waals surface area (Å²) in [5.74, 6) is -0.380. The summed E-state index contributed by atoms with van der Waals surface area (Å²) in [7, 11) is 0. The van der Waals surface area contributed by atoms with E-state index in [9.17, 15) is 9.18 Å². The number of hydrogen-bond acceptors (Lipinski definition) is 2. The molecule has 0 aliphatic carbocycles. The molecule has 0 spiro atoms. The molecule has 0 unspecified atom stereocenters. The first-order valence-electron chi connectivity index (χ1n) is 4.51. The van der Waals surface area contributed by atoms with Crippen molar-refractivity contribution in [2.75, 3.05) is 0 Å². The predicted octanol–water partition coefficient (Wildman–Crippen LogP) is 3.68. The molecule has 0 amide bonds. The van der Waals surface area contributed by atoms with Crippen molar-refractivity contribution in [2.24, 2.45) is 0 Å². The molecule has 3 heteroatoms. The van der Waals surface area contributed by atoms with E-state index in [0.29, 0.717) is 11.8 Å². The van der Waals surface area contributed by atoms with E-state index < -0.39 is 0 Å². The van der Waals surface area contributed by atoms with Crippen molar-refractivity contribution in [3.05, 3.63) is 46.6 Å². The number of aldehydes is 1. The summed E-state index contributed by atoms with van der Waals surface area (Å²) >= 11 is 1.56. The Morgan fingerprint density at radius 1 is 1.33 bits per heavy atom. The van der Waals surface area contributed by atoms with Gasteiger partial charge in [0, 0.05) is 16.0 Å². The normalized spacial score (nSPS) is 10.3. The molecule has 1 aromatic heterocycles. The zero-order chi connectivity index (χ0) is 10.8. The van der Waals surface area contributed by atoms with Crippen molar-refractivity contribution >= 4 is 17.6 Å². The summed E-state index contributed by atoms with van der Waals surface area (Å²) in [6.45, 7) is 1.99. The van der Waals surface area contributed by atoms with Crippen LogP contribution in [-0.4, -0.2) is 6.29 Å². The molecule has 0 saturated heterocycles. The highest BCUT2D eigenvalue weighted by Crippen LogP contribution is 2.29. The summed E-state index contributed by atoms with van der Waals surface area (Å²) in [5.41, 5.74) is 2.34. The smallest absolute Gasteiger partial charge is 0.150 e. The third kappa shape index (κ3) is 1.97. The van der Waals surface area contributed by atoms with E-state index in [1.165, 1.54) is 12.1 Å². The monoisotopic (exact) mass is 220 g/mol. The Kier molecular flexibility index (Phi) is 2.64. The zero-order valence-electron chi connectivity index (χ0n) is 8.16. The maximum Gasteiger partial charge on any atom is 0.150 e. The number of aryl methyl sites for hydroxylation is 1. The third-order valence-corrected chi connectivity index (χ3v) is 3.22. The van der Waals surface area contributed by atoms with Gasteiger partial charge in [0.1, 0.15) is 5.82 Å². The lowest BCUT2D eigenvalue weighted by atomic mass is 10.1. The highest BCUT2D eigenvalue weighted by Gasteiger charge is 2.07. The molecule has 15 heavy (non-hydrogen) atoms. The zero-order valence-corrected chi connectivity index (χ0v) is 8.98. The number of rotatable bonds is 2. The van der Waals surface area contributed by atoms with E-state index in [2.05, 4.69) is 0 Å². The largest absolute Gasteiger partial charge is 0.298 e. The van der Waals surface area contributed by atoms with Gasteiger partial charge in [0.2, 0.25) is 0 Å². The van der Waals surface area contributed by atoms with E-state index in [4.69, 9.17) is 0 Å². The SMILES string of the molecule is Cc1csc(-c2ccc(F)cc2C=O)c1. The molecular formula is C12H9FOS. The third-order valence-electron chi connectivity index (χ3n) is 2.14. The van der Waals surface area contributed by atoms with E-state index in [1.807, 2.05) is 18.4 Å². The molecule has 2 aromatic rings. The van der Waals surface area contributed by atoms with Crippen LogP contribution in [0.2, 0.25) is 0 Å². The molecule has 0 N–H and O–H groups in total. The highest BCUT2D eigenvalue weighted by atomic mass is 32.1. The van der Waals surface area contributed by atoms with E-state index >= 15 is 0 Å². The summed E-state index contributed by atoms with van der Waals surface area (Å²) in [5, 5.41) is 2.01. The maximum atomic E-state index is 12.9. The van der Waals surface area contributed by atoms with Gasteiger partial charge in [0.05, 0.1) is 0 Å². The number of carbonyl (C=O) groups is 1. The van der Waals surface area contributed by atoms with Crippen LogP contribution in [0.5, 0.6) is 0 Å². The lowest BCUT2D eigenvalue weighted by Crippen LogP contribution is -1.87. The van der Waals surface area contributed by atoms with Crippen molar-refractivity contribution in [3.63, 3.8) is 0 Å². The van der Waals surface area contributed by atoms with Crippen LogP contribution in [0.3, 0.4) is 0 Å². The van der Waals surface area contributed by atoms with Crippen LogP contribution in [0.1, 0.15) is 15.9 Å². The summed E-state index contributed by atoms with van der Waals surface area (Å²) in [4.78, 5) is 11.8. The Morgan fingerprint density at radius 2 is 2.13 bits per heavy atom. The molecule has 0 aliphatic rings. The molecular weight excluding hydrogens is 211 g/mol. The minimum Gasteiger partial charge on any atom is -0.298 e. The summed E-state index contributed by atoms with van der Waals surface area (Å²) in [6.07, 6.45) is 0.688. The Labute approximate surface area is 91.2 Å². The molecule has 0 atom stereocenters. The van der Waals surface area contributed by atoms with Crippen molar-refractivity contribution in [1.29, 1.82) is 0 Å². The van der Waals surface area contributed by atoms with Gasteiger partial charge >= 0.3 is 0 Å². The number of thiophene rings is 1. The fourth-order valence-electron chi connectivity index (χ4n) is 1.43. The van der Waals surface area contributed by atoms with Gasteiger partial charge in [-0.25, -0.2) is 4.39 Å². The Morgan fingerprint density at radius 3 is 2.73 bits per heavy atom. The average molecular weight is 220 g/mol. The second-order valence-corrected chi connectivity index (χ2v) is 4.25. The second-order valence-electron chi connectivity index (χ2n) is 3.34. The first-order chi connectivity index (χ1) is 7.20.